The molecule has 6 heteroatoms. The summed E-state index contributed by atoms with van der Waals surface area (Å²) >= 11 is 3.50. The molecule has 1 atom stereocenters. The Hall–Kier alpha value is -1.14. The van der Waals surface area contributed by atoms with Gasteiger partial charge in [0.25, 0.3) is 0 Å². The molecule has 1 unspecified atom stereocenters. The summed E-state index contributed by atoms with van der Waals surface area (Å²) < 4.78 is 0.324. The molecule has 1 aromatic carbocycles. The first kappa shape index (κ1) is 19.9. The predicted molar refractivity (Wildman–Crippen MR) is 102 cm³/mol. The second kappa shape index (κ2) is 9.88. The normalized spacial score (nSPS) is 13.5. The van der Waals surface area contributed by atoms with E-state index in [1.54, 1.807) is 11.8 Å². The lowest BCUT2D eigenvalue weighted by atomic mass is 9.93. The molecule has 0 aliphatic heterocycles. The van der Waals surface area contributed by atoms with E-state index in [9.17, 15) is 4.79 Å². The van der Waals surface area contributed by atoms with E-state index in [0.29, 0.717) is 4.58 Å². The second-order valence-electron chi connectivity index (χ2n) is 6.33. The number of hydrogen-bond acceptors (Lipinski definition) is 5. The number of carbonyl (C=O) groups excluding carboxylic acids is 1. The lowest BCUT2D eigenvalue weighted by Gasteiger charge is -2.20. The molecule has 128 valence electrons. The molecule has 1 rings (SSSR count). The highest BCUT2D eigenvalue weighted by molar-refractivity contribution is 8.24. The Morgan fingerprint density at radius 3 is 2.52 bits per heavy atom. The van der Waals surface area contributed by atoms with Crippen LogP contribution >= 0.6 is 23.5 Å². The van der Waals surface area contributed by atoms with E-state index in [0.717, 1.165) is 17.2 Å². The summed E-state index contributed by atoms with van der Waals surface area (Å²) in [5, 5.41) is 7.27. The van der Waals surface area contributed by atoms with Crippen LogP contribution in [0.4, 0.5) is 4.79 Å². The van der Waals surface area contributed by atoms with Gasteiger partial charge in [-0.15, -0.1) is 11.8 Å². The van der Waals surface area contributed by atoms with Crippen LogP contribution in [-0.2, 0) is 10.6 Å². The molecule has 4 nitrogen and oxygen atoms in total. The number of amides is 1. The molecule has 0 spiro atoms. The zero-order chi connectivity index (χ0) is 17.3. The van der Waals surface area contributed by atoms with Gasteiger partial charge in [0.15, 0.2) is 0 Å². The monoisotopic (exact) mass is 354 g/mol. The van der Waals surface area contributed by atoms with Crippen molar-refractivity contribution in [2.75, 3.05) is 7.05 Å². The van der Waals surface area contributed by atoms with Gasteiger partial charge >= 0.3 is 6.09 Å². The van der Waals surface area contributed by atoms with Gasteiger partial charge < -0.3 is 5.32 Å². The smallest absolute Gasteiger partial charge is 0.323 e. The molecule has 0 saturated carbocycles. The van der Waals surface area contributed by atoms with Crippen molar-refractivity contribution in [2.45, 2.75) is 44.5 Å². The van der Waals surface area contributed by atoms with E-state index in [1.807, 2.05) is 17.8 Å². The average molecular weight is 355 g/mol. The van der Waals surface area contributed by atoms with Crippen molar-refractivity contribution < 1.29 is 9.63 Å². The molecule has 1 N–H and O–H groups in total. The van der Waals surface area contributed by atoms with E-state index in [-0.39, 0.29) is 5.41 Å². The number of oxime groups is 1. The molecule has 0 saturated heterocycles. The van der Waals surface area contributed by atoms with E-state index < -0.39 is 6.09 Å². The Morgan fingerprint density at radius 2 is 1.96 bits per heavy atom. The summed E-state index contributed by atoms with van der Waals surface area (Å²) in [7, 11) is 1.52. The van der Waals surface area contributed by atoms with Gasteiger partial charge in [-0.25, -0.2) is 4.79 Å². The highest BCUT2D eigenvalue weighted by Gasteiger charge is 2.18. The first-order valence-corrected chi connectivity index (χ1v) is 9.51. The molecule has 0 aliphatic rings. The SMILES string of the molecule is CNC(=O)ON=C(CC(C)(C)C)SC(C)SCc1ccccc1. The highest BCUT2D eigenvalue weighted by atomic mass is 32.2. The minimum Gasteiger partial charge on any atom is -0.323 e. The van der Waals surface area contributed by atoms with Crippen molar-refractivity contribution in [1.29, 1.82) is 0 Å². The van der Waals surface area contributed by atoms with Crippen LogP contribution in [0.15, 0.2) is 35.5 Å². The summed E-state index contributed by atoms with van der Waals surface area (Å²) in [5.41, 5.74) is 1.39. The third kappa shape index (κ3) is 9.56. The zero-order valence-corrected chi connectivity index (χ0v) is 16.1. The predicted octanol–water partition coefficient (Wildman–Crippen LogP) is 5.10. The third-order valence-electron chi connectivity index (χ3n) is 2.75. The van der Waals surface area contributed by atoms with Gasteiger partial charge in [-0.3, -0.25) is 4.84 Å². The summed E-state index contributed by atoms with van der Waals surface area (Å²) in [4.78, 5) is 16.1. The molecule has 23 heavy (non-hydrogen) atoms. The van der Waals surface area contributed by atoms with Crippen LogP contribution in [0.3, 0.4) is 0 Å². The van der Waals surface area contributed by atoms with Gasteiger partial charge in [0.05, 0.1) is 4.58 Å². The van der Waals surface area contributed by atoms with Crippen molar-refractivity contribution in [1.82, 2.24) is 5.32 Å². The fourth-order valence-electron chi connectivity index (χ4n) is 1.70. The minimum atomic E-state index is -0.540. The third-order valence-corrected chi connectivity index (χ3v) is 5.23. The molecule has 0 radical (unpaired) electrons. The van der Waals surface area contributed by atoms with Crippen LogP contribution in [0.2, 0.25) is 0 Å². The lowest BCUT2D eigenvalue weighted by molar-refractivity contribution is 0.153. The van der Waals surface area contributed by atoms with Crippen molar-refractivity contribution in [3.05, 3.63) is 35.9 Å². The van der Waals surface area contributed by atoms with Crippen molar-refractivity contribution in [3.8, 4) is 0 Å². The van der Waals surface area contributed by atoms with E-state index in [2.05, 4.69) is 62.4 Å². The van der Waals surface area contributed by atoms with Crippen molar-refractivity contribution in [2.24, 2.45) is 10.6 Å². The lowest BCUT2D eigenvalue weighted by Crippen LogP contribution is -2.19. The van der Waals surface area contributed by atoms with Gasteiger partial charge in [-0.05, 0) is 17.9 Å². The standard InChI is InChI=1S/C17H26N2O2S2/c1-13(22-12-14-9-7-6-8-10-14)23-15(11-17(2,3)4)19-21-16(20)18-5/h6-10,13H,11-12H2,1-5H3,(H,18,20). The van der Waals surface area contributed by atoms with Gasteiger partial charge in [0, 0.05) is 19.2 Å². The first-order chi connectivity index (χ1) is 10.8. The molecule has 0 aromatic heterocycles. The maximum atomic E-state index is 11.2. The maximum Gasteiger partial charge on any atom is 0.433 e. The van der Waals surface area contributed by atoms with Gasteiger partial charge in [0.1, 0.15) is 5.04 Å². The van der Waals surface area contributed by atoms with Crippen LogP contribution in [0.25, 0.3) is 0 Å². The Balaban J connectivity index is 2.58. The Morgan fingerprint density at radius 1 is 1.30 bits per heavy atom. The zero-order valence-electron chi connectivity index (χ0n) is 14.5. The molecule has 0 heterocycles. The molecule has 0 bridgehead atoms. The number of nitrogens with zero attached hydrogens (tertiary/aromatic N) is 1. The highest BCUT2D eigenvalue weighted by Crippen LogP contribution is 2.32. The van der Waals surface area contributed by atoms with Crippen molar-refractivity contribution >= 4 is 34.7 Å². The first-order valence-electron chi connectivity index (χ1n) is 7.58. The van der Waals surface area contributed by atoms with Gasteiger partial charge in [-0.2, -0.15) is 0 Å². The van der Waals surface area contributed by atoms with Gasteiger partial charge in [-0.1, -0.05) is 68.0 Å². The van der Waals surface area contributed by atoms with Crippen LogP contribution in [0.5, 0.6) is 0 Å². The van der Waals surface area contributed by atoms with E-state index in [4.69, 9.17) is 4.84 Å². The Kier molecular flexibility index (Phi) is 8.55. The number of nitrogens with one attached hydrogen (secondary N) is 1. The quantitative estimate of drug-likeness (QED) is 0.254. The van der Waals surface area contributed by atoms with Crippen LogP contribution in [0, 0.1) is 5.41 Å². The number of benzene rings is 1. The maximum absolute atomic E-state index is 11.2. The van der Waals surface area contributed by atoms with Crippen LogP contribution in [-0.4, -0.2) is 22.8 Å². The molecular formula is C17H26N2O2S2. The molecular weight excluding hydrogens is 328 g/mol. The second-order valence-corrected chi connectivity index (χ2v) is 9.37. The van der Waals surface area contributed by atoms with Gasteiger partial charge in [0.2, 0.25) is 0 Å². The Labute approximate surface area is 147 Å². The van der Waals surface area contributed by atoms with Crippen molar-refractivity contribution in [3.63, 3.8) is 0 Å². The number of thioether (sulfide) groups is 2. The Bertz CT molecular complexity index is 513. The fourth-order valence-corrected chi connectivity index (χ4v) is 4.11. The van der Waals surface area contributed by atoms with E-state index >= 15 is 0 Å². The molecule has 0 fully saturated rings. The molecule has 1 aromatic rings. The summed E-state index contributed by atoms with van der Waals surface area (Å²) in [6, 6.07) is 10.4. The summed E-state index contributed by atoms with van der Waals surface area (Å²) in [6.07, 6.45) is 0.229. The largest absolute Gasteiger partial charge is 0.433 e. The average Bonchev–Trinajstić information content (AvgIpc) is 2.50. The summed E-state index contributed by atoms with van der Waals surface area (Å²) in [6.45, 7) is 8.58. The summed E-state index contributed by atoms with van der Waals surface area (Å²) in [5.74, 6) is 0.952. The number of rotatable bonds is 6. The molecule has 0 aliphatic carbocycles. The minimum absolute atomic E-state index is 0.0850. The molecule has 1 amide bonds. The van der Waals surface area contributed by atoms with Crippen LogP contribution < -0.4 is 5.32 Å². The number of hydrogen-bond donors (Lipinski definition) is 1. The number of carbonyl (C=O) groups is 1. The van der Waals surface area contributed by atoms with E-state index in [1.165, 1.54) is 12.6 Å². The fraction of sp³-hybridized carbons (Fsp3) is 0.529. The van der Waals surface area contributed by atoms with Crippen LogP contribution in [0.1, 0.15) is 39.7 Å². The topological polar surface area (TPSA) is 50.7 Å².